The molecule has 0 heterocycles. The number of unbranched alkanes of at least 4 members (excludes halogenated alkanes) is 31. The lowest BCUT2D eigenvalue weighted by Gasteiger charge is -2.22. The second-order valence-electron chi connectivity index (χ2n) is 13.8. The van der Waals surface area contributed by atoms with Gasteiger partial charge in [-0.05, 0) is 38.9 Å². The van der Waals surface area contributed by atoms with Crippen molar-refractivity contribution in [3.63, 3.8) is 0 Å². The highest BCUT2D eigenvalue weighted by atomic mass is 15.1. The molecular weight excluding hydrogens is 494 g/mol. The summed E-state index contributed by atoms with van der Waals surface area (Å²) in [6.07, 6.45) is 49.6. The minimum Gasteiger partial charge on any atom is -0.303 e. The van der Waals surface area contributed by atoms with Crippen molar-refractivity contribution >= 4 is 0 Å². The number of hydrogen-bond donors (Lipinski definition) is 0. The van der Waals surface area contributed by atoms with Crippen LogP contribution in [0.25, 0.3) is 0 Å². The van der Waals surface area contributed by atoms with Crippen molar-refractivity contribution in [1.82, 2.24) is 4.90 Å². The highest BCUT2D eigenvalue weighted by molar-refractivity contribution is 4.61. The molecule has 0 aromatic rings. The molecule has 0 atom stereocenters. The lowest BCUT2D eigenvalue weighted by molar-refractivity contribution is 0.254. The van der Waals surface area contributed by atoms with E-state index in [9.17, 15) is 0 Å². The second-order valence-corrected chi connectivity index (χ2v) is 13.8. The third kappa shape index (κ3) is 36.1. The minimum atomic E-state index is 1.36. The molecule has 0 N–H and O–H groups in total. The SMILES string of the molecule is CCCCCCCCCCCCCCCCN(CCCCCCCC)CCCCCCCCCCCCCCCC. The molecule has 0 aromatic carbocycles. The Morgan fingerprint density at radius 3 is 0.512 bits per heavy atom. The molecule has 0 unspecified atom stereocenters. The summed E-state index contributed by atoms with van der Waals surface area (Å²) < 4.78 is 0. The first kappa shape index (κ1) is 41.0. The molecule has 1 nitrogen and oxygen atoms in total. The van der Waals surface area contributed by atoms with Gasteiger partial charge >= 0.3 is 0 Å². The third-order valence-electron chi connectivity index (χ3n) is 9.48. The van der Waals surface area contributed by atoms with Crippen LogP contribution in [0.2, 0.25) is 0 Å². The molecule has 41 heavy (non-hydrogen) atoms. The van der Waals surface area contributed by atoms with Crippen LogP contribution in [0.5, 0.6) is 0 Å². The standard InChI is InChI=1S/C40H83N/c1-4-7-10-13-16-18-20-22-24-26-28-30-33-36-39-41(38-35-32-15-12-9-6-3)40-37-34-31-29-27-25-23-21-19-17-14-11-8-5-2/h4-40H2,1-3H3. The van der Waals surface area contributed by atoms with Crippen LogP contribution in [0.3, 0.4) is 0 Å². The monoisotopic (exact) mass is 578 g/mol. The Labute approximate surface area is 263 Å². The van der Waals surface area contributed by atoms with E-state index in [0.717, 1.165) is 0 Å². The van der Waals surface area contributed by atoms with Crippen LogP contribution in [0.4, 0.5) is 0 Å². The van der Waals surface area contributed by atoms with Gasteiger partial charge in [-0.25, -0.2) is 0 Å². The van der Waals surface area contributed by atoms with Gasteiger partial charge in [-0.15, -0.1) is 0 Å². The fourth-order valence-corrected chi connectivity index (χ4v) is 6.51. The van der Waals surface area contributed by atoms with Gasteiger partial charge in [-0.2, -0.15) is 0 Å². The summed E-state index contributed by atoms with van der Waals surface area (Å²) in [7, 11) is 0. The van der Waals surface area contributed by atoms with Crippen LogP contribution in [0.1, 0.15) is 239 Å². The van der Waals surface area contributed by atoms with Crippen LogP contribution < -0.4 is 0 Å². The molecule has 1 heteroatoms. The highest BCUT2D eigenvalue weighted by Gasteiger charge is 2.05. The molecule has 0 fully saturated rings. The zero-order valence-corrected chi connectivity index (χ0v) is 29.6. The van der Waals surface area contributed by atoms with Crippen molar-refractivity contribution in [1.29, 1.82) is 0 Å². The van der Waals surface area contributed by atoms with Gasteiger partial charge in [0, 0.05) is 0 Å². The average molecular weight is 578 g/mol. The van der Waals surface area contributed by atoms with Crippen LogP contribution in [0.15, 0.2) is 0 Å². The number of hydrogen-bond acceptors (Lipinski definition) is 1. The zero-order chi connectivity index (χ0) is 29.7. The van der Waals surface area contributed by atoms with Crippen LogP contribution in [-0.2, 0) is 0 Å². The van der Waals surface area contributed by atoms with E-state index in [1.165, 1.54) is 238 Å². The predicted octanol–water partition coefficient (Wildman–Crippen LogP) is 14.6. The summed E-state index contributed by atoms with van der Waals surface area (Å²) in [5.74, 6) is 0. The summed E-state index contributed by atoms with van der Waals surface area (Å²) in [6, 6.07) is 0. The second kappa shape index (κ2) is 38.0. The molecular formula is C40H83N. The summed E-state index contributed by atoms with van der Waals surface area (Å²) in [4.78, 5) is 2.85. The summed E-state index contributed by atoms with van der Waals surface area (Å²) in [6.45, 7) is 11.1. The largest absolute Gasteiger partial charge is 0.303 e. The summed E-state index contributed by atoms with van der Waals surface area (Å²) in [5, 5.41) is 0. The third-order valence-corrected chi connectivity index (χ3v) is 9.48. The van der Waals surface area contributed by atoms with E-state index in [1.54, 1.807) is 0 Å². The molecule has 0 amide bonds. The molecule has 0 radical (unpaired) electrons. The van der Waals surface area contributed by atoms with E-state index < -0.39 is 0 Å². The smallest absolute Gasteiger partial charge is 0.00187 e. The Balaban J connectivity index is 3.74. The quantitative estimate of drug-likeness (QED) is 0.0664. The van der Waals surface area contributed by atoms with E-state index in [2.05, 4.69) is 25.7 Å². The Morgan fingerprint density at radius 2 is 0.341 bits per heavy atom. The van der Waals surface area contributed by atoms with Crippen molar-refractivity contribution in [2.75, 3.05) is 19.6 Å². The maximum Gasteiger partial charge on any atom is -0.00187 e. The lowest BCUT2D eigenvalue weighted by Crippen LogP contribution is -2.27. The van der Waals surface area contributed by atoms with Crippen LogP contribution in [0, 0.1) is 0 Å². The molecule has 0 bridgehead atoms. The van der Waals surface area contributed by atoms with Gasteiger partial charge in [0.15, 0.2) is 0 Å². The van der Waals surface area contributed by atoms with Gasteiger partial charge in [-0.3, -0.25) is 0 Å². The van der Waals surface area contributed by atoms with E-state index >= 15 is 0 Å². The predicted molar refractivity (Wildman–Crippen MR) is 190 cm³/mol. The molecule has 0 aromatic heterocycles. The zero-order valence-electron chi connectivity index (χ0n) is 29.6. The fraction of sp³-hybridized carbons (Fsp3) is 1.00. The average Bonchev–Trinajstić information content (AvgIpc) is 2.98. The molecule has 0 rings (SSSR count). The van der Waals surface area contributed by atoms with Crippen molar-refractivity contribution in [2.45, 2.75) is 239 Å². The summed E-state index contributed by atoms with van der Waals surface area (Å²) in [5.41, 5.74) is 0. The first-order valence-corrected chi connectivity index (χ1v) is 20.1. The highest BCUT2D eigenvalue weighted by Crippen LogP contribution is 2.15. The minimum absolute atomic E-state index is 1.36. The van der Waals surface area contributed by atoms with Gasteiger partial charge in [0.2, 0.25) is 0 Å². The molecule has 0 aliphatic heterocycles. The lowest BCUT2D eigenvalue weighted by atomic mass is 10.0. The van der Waals surface area contributed by atoms with Crippen molar-refractivity contribution in [3.8, 4) is 0 Å². The van der Waals surface area contributed by atoms with E-state index in [4.69, 9.17) is 0 Å². The van der Waals surface area contributed by atoms with Gasteiger partial charge in [0.1, 0.15) is 0 Å². The Bertz CT molecular complexity index is 401. The van der Waals surface area contributed by atoms with Crippen LogP contribution >= 0.6 is 0 Å². The first-order valence-electron chi connectivity index (χ1n) is 20.1. The van der Waals surface area contributed by atoms with Crippen molar-refractivity contribution < 1.29 is 0 Å². The molecule has 0 saturated heterocycles. The molecule has 0 aliphatic rings. The normalized spacial score (nSPS) is 11.7. The van der Waals surface area contributed by atoms with Gasteiger partial charge in [-0.1, -0.05) is 220 Å². The maximum atomic E-state index is 2.85. The molecule has 0 saturated carbocycles. The van der Waals surface area contributed by atoms with Crippen LogP contribution in [-0.4, -0.2) is 24.5 Å². The van der Waals surface area contributed by atoms with E-state index in [0.29, 0.717) is 0 Å². The fourth-order valence-electron chi connectivity index (χ4n) is 6.51. The van der Waals surface area contributed by atoms with E-state index in [-0.39, 0.29) is 0 Å². The molecule has 0 spiro atoms. The first-order chi connectivity index (χ1) is 20.3. The Hall–Kier alpha value is -0.0400. The Kier molecular flexibility index (Phi) is 37.9. The van der Waals surface area contributed by atoms with Gasteiger partial charge in [0.05, 0.1) is 0 Å². The van der Waals surface area contributed by atoms with E-state index in [1.807, 2.05) is 0 Å². The molecule has 0 aliphatic carbocycles. The van der Waals surface area contributed by atoms with Crippen molar-refractivity contribution in [3.05, 3.63) is 0 Å². The maximum absolute atomic E-state index is 2.85. The topological polar surface area (TPSA) is 3.24 Å². The van der Waals surface area contributed by atoms with Gasteiger partial charge in [0.25, 0.3) is 0 Å². The number of rotatable bonds is 37. The van der Waals surface area contributed by atoms with Crippen molar-refractivity contribution in [2.24, 2.45) is 0 Å². The number of nitrogens with zero attached hydrogens (tertiary/aromatic N) is 1. The summed E-state index contributed by atoms with van der Waals surface area (Å²) >= 11 is 0. The van der Waals surface area contributed by atoms with Gasteiger partial charge < -0.3 is 4.90 Å². The molecule has 248 valence electrons. The Morgan fingerprint density at radius 1 is 0.195 bits per heavy atom.